The SMILES string of the molecule is O=C(NC1CCCC1)C1CCN(Cc2nc(-c3cccc(Br)c3)no2)CC1. The Hall–Kier alpha value is -1.73. The van der Waals surface area contributed by atoms with Crippen LogP contribution in [0.1, 0.15) is 44.4 Å². The molecule has 4 rings (SSSR count). The van der Waals surface area contributed by atoms with Gasteiger partial charge in [0.05, 0.1) is 6.54 Å². The molecule has 1 aliphatic carbocycles. The molecular weight excluding hydrogens is 408 g/mol. The topological polar surface area (TPSA) is 71.3 Å². The van der Waals surface area contributed by atoms with Gasteiger partial charge >= 0.3 is 0 Å². The first-order chi connectivity index (χ1) is 13.2. The van der Waals surface area contributed by atoms with Crippen LogP contribution in [0, 0.1) is 5.92 Å². The van der Waals surface area contributed by atoms with Crippen molar-refractivity contribution >= 4 is 21.8 Å². The van der Waals surface area contributed by atoms with E-state index in [1.165, 1.54) is 12.8 Å². The van der Waals surface area contributed by atoms with Crippen molar-refractivity contribution in [3.63, 3.8) is 0 Å². The monoisotopic (exact) mass is 432 g/mol. The Morgan fingerprint density at radius 2 is 2.00 bits per heavy atom. The van der Waals surface area contributed by atoms with E-state index in [-0.39, 0.29) is 11.8 Å². The molecule has 0 spiro atoms. The summed E-state index contributed by atoms with van der Waals surface area (Å²) in [5.41, 5.74) is 0.932. The number of piperidine rings is 1. The normalized spacial score (nSPS) is 19.4. The van der Waals surface area contributed by atoms with E-state index in [4.69, 9.17) is 4.52 Å². The van der Waals surface area contributed by atoms with Gasteiger partial charge in [-0.25, -0.2) is 0 Å². The molecule has 0 unspecified atom stereocenters. The summed E-state index contributed by atoms with van der Waals surface area (Å²) in [6, 6.07) is 8.27. The van der Waals surface area contributed by atoms with Gasteiger partial charge < -0.3 is 9.84 Å². The van der Waals surface area contributed by atoms with Gasteiger partial charge in [-0.15, -0.1) is 0 Å². The van der Waals surface area contributed by atoms with Crippen molar-refractivity contribution in [1.29, 1.82) is 0 Å². The molecule has 1 aromatic heterocycles. The van der Waals surface area contributed by atoms with E-state index in [2.05, 4.69) is 36.3 Å². The molecule has 2 fully saturated rings. The summed E-state index contributed by atoms with van der Waals surface area (Å²) in [6.07, 6.45) is 6.56. The van der Waals surface area contributed by atoms with Gasteiger partial charge in [0.1, 0.15) is 0 Å². The standard InChI is InChI=1S/C20H25BrN4O2/c21-16-5-3-4-15(12-16)19-23-18(27-24-19)13-25-10-8-14(9-11-25)20(26)22-17-6-1-2-7-17/h3-5,12,14,17H,1-2,6-11,13H2,(H,22,26). The van der Waals surface area contributed by atoms with Gasteiger partial charge in [-0.2, -0.15) is 4.98 Å². The van der Waals surface area contributed by atoms with E-state index in [1.54, 1.807) is 0 Å². The van der Waals surface area contributed by atoms with Crippen LogP contribution < -0.4 is 5.32 Å². The average Bonchev–Trinajstić information content (AvgIpc) is 3.34. The molecular formula is C20H25BrN4O2. The lowest BCUT2D eigenvalue weighted by molar-refractivity contribution is -0.127. The number of aromatic nitrogens is 2. The zero-order chi connectivity index (χ0) is 18.6. The summed E-state index contributed by atoms with van der Waals surface area (Å²) >= 11 is 3.46. The third kappa shape index (κ3) is 4.76. The molecule has 1 saturated heterocycles. The van der Waals surface area contributed by atoms with Crippen molar-refractivity contribution in [3.8, 4) is 11.4 Å². The largest absolute Gasteiger partial charge is 0.353 e. The number of nitrogens with one attached hydrogen (secondary N) is 1. The quantitative estimate of drug-likeness (QED) is 0.778. The third-order valence-corrected chi connectivity index (χ3v) is 6.06. The molecule has 144 valence electrons. The first kappa shape index (κ1) is 18.6. The fourth-order valence-corrected chi connectivity index (χ4v) is 4.40. The predicted octanol–water partition coefficient (Wildman–Crippen LogP) is 3.77. The summed E-state index contributed by atoms with van der Waals surface area (Å²) in [7, 11) is 0. The number of hydrogen-bond acceptors (Lipinski definition) is 5. The zero-order valence-electron chi connectivity index (χ0n) is 15.4. The van der Waals surface area contributed by atoms with E-state index in [0.29, 0.717) is 24.3 Å². The Morgan fingerprint density at radius 1 is 1.22 bits per heavy atom. The molecule has 0 atom stereocenters. The van der Waals surface area contributed by atoms with Crippen molar-refractivity contribution < 1.29 is 9.32 Å². The fraction of sp³-hybridized carbons (Fsp3) is 0.550. The van der Waals surface area contributed by atoms with Crippen molar-refractivity contribution in [2.75, 3.05) is 13.1 Å². The van der Waals surface area contributed by atoms with Crippen LogP contribution in [0.4, 0.5) is 0 Å². The highest BCUT2D eigenvalue weighted by molar-refractivity contribution is 9.10. The van der Waals surface area contributed by atoms with Crippen molar-refractivity contribution in [1.82, 2.24) is 20.4 Å². The van der Waals surface area contributed by atoms with E-state index in [9.17, 15) is 4.79 Å². The molecule has 0 radical (unpaired) electrons. The number of benzene rings is 1. The van der Waals surface area contributed by atoms with Crippen molar-refractivity contribution in [3.05, 3.63) is 34.6 Å². The lowest BCUT2D eigenvalue weighted by Gasteiger charge is -2.30. The van der Waals surface area contributed by atoms with Crippen LogP contribution in [0.2, 0.25) is 0 Å². The number of nitrogens with zero attached hydrogens (tertiary/aromatic N) is 3. The smallest absolute Gasteiger partial charge is 0.241 e. The third-order valence-electron chi connectivity index (χ3n) is 5.57. The maximum Gasteiger partial charge on any atom is 0.241 e. The second kappa shape index (κ2) is 8.52. The molecule has 6 nitrogen and oxygen atoms in total. The van der Waals surface area contributed by atoms with Crippen LogP contribution in [0.15, 0.2) is 33.3 Å². The summed E-state index contributed by atoms with van der Waals surface area (Å²) in [5, 5.41) is 7.33. The maximum atomic E-state index is 12.4. The number of amides is 1. The molecule has 1 aromatic carbocycles. The summed E-state index contributed by atoms with van der Waals surface area (Å²) in [5.74, 6) is 1.62. The van der Waals surface area contributed by atoms with Gasteiger partial charge in [0.25, 0.3) is 0 Å². The molecule has 27 heavy (non-hydrogen) atoms. The van der Waals surface area contributed by atoms with Gasteiger partial charge in [-0.05, 0) is 50.9 Å². The van der Waals surface area contributed by atoms with E-state index < -0.39 is 0 Å². The Bertz CT molecular complexity index is 780. The predicted molar refractivity (Wildman–Crippen MR) is 106 cm³/mol. The highest BCUT2D eigenvalue weighted by atomic mass is 79.9. The van der Waals surface area contributed by atoms with E-state index in [1.807, 2.05) is 24.3 Å². The molecule has 0 bridgehead atoms. The Labute approximate surface area is 167 Å². The van der Waals surface area contributed by atoms with Crippen LogP contribution in [0.5, 0.6) is 0 Å². The first-order valence-electron chi connectivity index (χ1n) is 9.78. The summed E-state index contributed by atoms with van der Waals surface area (Å²) < 4.78 is 6.42. The number of carbonyl (C=O) groups excluding carboxylic acids is 1. The minimum absolute atomic E-state index is 0.141. The lowest BCUT2D eigenvalue weighted by Crippen LogP contribution is -2.43. The number of hydrogen-bond donors (Lipinski definition) is 1. The van der Waals surface area contributed by atoms with Crippen molar-refractivity contribution in [2.24, 2.45) is 5.92 Å². The molecule has 1 amide bonds. The second-order valence-corrected chi connectivity index (χ2v) is 8.48. The number of likely N-dealkylation sites (tertiary alicyclic amines) is 1. The lowest BCUT2D eigenvalue weighted by atomic mass is 9.95. The number of carbonyl (C=O) groups is 1. The highest BCUT2D eigenvalue weighted by Gasteiger charge is 2.28. The Kier molecular flexibility index (Phi) is 5.88. The van der Waals surface area contributed by atoms with Gasteiger partial charge in [-0.1, -0.05) is 46.1 Å². The molecule has 1 aliphatic heterocycles. The zero-order valence-corrected chi connectivity index (χ0v) is 17.0. The summed E-state index contributed by atoms with van der Waals surface area (Å²) in [6.45, 7) is 2.41. The second-order valence-electron chi connectivity index (χ2n) is 7.56. The first-order valence-corrected chi connectivity index (χ1v) is 10.6. The van der Waals surface area contributed by atoms with Gasteiger partial charge in [0.2, 0.25) is 17.6 Å². The fourth-order valence-electron chi connectivity index (χ4n) is 4.00. The molecule has 1 saturated carbocycles. The van der Waals surface area contributed by atoms with Gasteiger partial charge in [0, 0.05) is 22.0 Å². The number of halogens is 1. The van der Waals surface area contributed by atoms with Gasteiger partial charge in [-0.3, -0.25) is 9.69 Å². The van der Waals surface area contributed by atoms with Crippen LogP contribution in [-0.2, 0) is 11.3 Å². The van der Waals surface area contributed by atoms with Crippen LogP contribution >= 0.6 is 15.9 Å². The van der Waals surface area contributed by atoms with Crippen molar-refractivity contribution in [2.45, 2.75) is 51.1 Å². The van der Waals surface area contributed by atoms with Crippen LogP contribution in [0.25, 0.3) is 11.4 Å². The van der Waals surface area contributed by atoms with Crippen LogP contribution in [-0.4, -0.2) is 40.1 Å². The van der Waals surface area contributed by atoms with E-state index in [0.717, 1.165) is 48.8 Å². The molecule has 2 aromatic rings. The Balaban J connectivity index is 1.27. The summed E-state index contributed by atoms with van der Waals surface area (Å²) in [4.78, 5) is 19.2. The van der Waals surface area contributed by atoms with Gasteiger partial charge in [0.15, 0.2) is 0 Å². The highest BCUT2D eigenvalue weighted by Crippen LogP contribution is 2.23. The minimum atomic E-state index is 0.141. The van der Waals surface area contributed by atoms with Crippen LogP contribution in [0.3, 0.4) is 0 Å². The van der Waals surface area contributed by atoms with E-state index >= 15 is 0 Å². The molecule has 7 heteroatoms. The molecule has 1 N–H and O–H groups in total. The molecule has 2 heterocycles. The number of rotatable bonds is 5. The minimum Gasteiger partial charge on any atom is -0.353 e. The Morgan fingerprint density at radius 3 is 2.74 bits per heavy atom. The molecule has 2 aliphatic rings. The maximum absolute atomic E-state index is 12.4. The average molecular weight is 433 g/mol.